The molecule has 4 atom stereocenters. The number of ketones is 3. The van der Waals surface area contributed by atoms with Crippen molar-refractivity contribution in [3.63, 3.8) is 0 Å². The molecule has 0 radical (unpaired) electrons. The third-order valence-corrected chi connectivity index (χ3v) is 5.36. The summed E-state index contributed by atoms with van der Waals surface area (Å²) < 4.78 is 5.42. The number of carbonyl (C=O) groups is 4. The maximum atomic E-state index is 13.0. The van der Waals surface area contributed by atoms with E-state index in [1.165, 1.54) is 13.8 Å². The maximum absolute atomic E-state index is 13.0. The summed E-state index contributed by atoms with van der Waals surface area (Å²) in [5.74, 6) is -1.73. The first-order valence-corrected chi connectivity index (χ1v) is 7.23. The van der Waals surface area contributed by atoms with E-state index in [2.05, 4.69) is 0 Å². The van der Waals surface area contributed by atoms with Crippen molar-refractivity contribution in [3.05, 3.63) is 11.6 Å². The topological polar surface area (TPSA) is 77.5 Å². The zero-order valence-corrected chi connectivity index (χ0v) is 12.4. The predicted molar refractivity (Wildman–Crippen MR) is 72.2 cm³/mol. The second-order valence-corrected chi connectivity index (χ2v) is 6.58. The van der Waals surface area contributed by atoms with Gasteiger partial charge in [-0.2, -0.15) is 0 Å². The number of esters is 1. The number of fused-ring (bicyclic) bond motifs is 1. The Hall–Kier alpha value is -1.78. The minimum atomic E-state index is -1.23. The van der Waals surface area contributed by atoms with Gasteiger partial charge in [-0.1, -0.05) is 6.08 Å². The lowest BCUT2D eigenvalue weighted by Crippen LogP contribution is -2.64. The Balaban J connectivity index is 2.19. The second-order valence-electron chi connectivity index (χ2n) is 6.58. The van der Waals surface area contributed by atoms with Gasteiger partial charge < -0.3 is 4.74 Å². The monoisotopic (exact) mass is 290 g/mol. The molecule has 3 aliphatic carbocycles. The summed E-state index contributed by atoms with van der Waals surface area (Å²) in [6.07, 6.45) is 2.54. The lowest BCUT2D eigenvalue weighted by Gasteiger charge is -2.53. The molecule has 1 heterocycles. The molecular weight excluding hydrogens is 272 g/mol. The quantitative estimate of drug-likeness (QED) is 0.718. The summed E-state index contributed by atoms with van der Waals surface area (Å²) in [6.45, 7) is 4.61. The molecule has 4 rings (SSSR count). The van der Waals surface area contributed by atoms with E-state index in [9.17, 15) is 19.2 Å². The van der Waals surface area contributed by atoms with Gasteiger partial charge in [0.2, 0.25) is 0 Å². The molecule has 0 amide bonds. The van der Waals surface area contributed by atoms with Crippen molar-refractivity contribution in [1.29, 1.82) is 0 Å². The minimum Gasteiger partial charge on any atom is -0.450 e. The Morgan fingerprint density at radius 2 is 1.95 bits per heavy atom. The summed E-state index contributed by atoms with van der Waals surface area (Å²) in [7, 11) is 0. The fourth-order valence-electron chi connectivity index (χ4n) is 4.34. The Labute approximate surface area is 122 Å². The fourth-order valence-corrected chi connectivity index (χ4v) is 4.34. The van der Waals surface area contributed by atoms with Gasteiger partial charge in [0.25, 0.3) is 0 Å². The lowest BCUT2D eigenvalue weighted by molar-refractivity contribution is -0.177. The van der Waals surface area contributed by atoms with Crippen LogP contribution in [0, 0.1) is 17.3 Å². The highest BCUT2D eigenvalue weighted by molar-refractivity contribution is 6.08. The van der Waals surface area contributed by atoms with Crippen LogP contribution in [-0.2, 0) is 23.9 Å². The third kappa shape index (κ3) is 1.63. The van der Waals surface area contributed by atoms with Crippen molar-refractivity contribution in [2.24, 2.45) is 17.3 Å². The highest BCUT2D eigenvalue weighted by atomic mass is 16.6. The highest BCUT2D eigenvalue weighted by Gasteiger charge is 2.68. The zero-order chi connectivity index (χ0) is 15.6. The molecule has 112 valence electrons. The predicted octanol–water partition coefficient (Wildman–Crippen LogP) is 1.39. The minimum absolute atomic E-state index is 0.0612. The van der Waals surface area contributed by atoms with E-state index >= 15 is 0 Å². The van der Waals surface area contributed by atoms with Gasteiger partial charge in [0, 0.05) is 24.7 Å². The summed E-state index contributed by atoms with van der Waals surface area (Å²) in [6, 6.07) is 0. The Morgan fingerprint density at radius 1 is 1.29 bits per heavy atom. The Morgan fingerprint density at radius 3 is 2.43 bits per heavy atom. The van der Waals surface area contributed by atoms with Crippen molar-refractivity contribution >= 4 is 23.3 Å². The molecule has 0 N–H and O–H groups in total. The number of rotatable bonds is 2. The van der Waals surface area contributed by atoms with Crippen molar-refractivity contribution < 1.29 is 23.9 Å². The highest BCUT2D eigenvalue weighted by Crippen LogP contribution is 2.58. The van der Waals surface area contributed by atoms with Crippen LogP contribution >= 0.6 is 0 Å². The van der Waals surface area contributed by atoms with E-state index in [-0.39, 0.29) is 23.8 Å². The van der Waals surface area contributed by atoms with Crippen LogP contribution in [0.3, 0.4) is 0 Å². The first-order valence-electron chi connectivity index (χ1n) is 7.23. The summed E-state index contributed by atoms with van der Waals surface area (Å²) >= 11 is 0. The first-order chi connectivity index (χ1) is 9.72. The van der Waals surface area contributed by atoms with Crippen LogP contribution in [0.1, 0.15) is 40.0 Å². The van der Waals surface area contributed by atoms with Gasteiger partial charge >= 0.3 is 5.97 Å². The van der Waals surface area contributed by atoms with Crippen molar-refractivity contribution in [2.45, 2.75) is 45.6 Å². The van der Waals surface area contributed by atoms with Crippen molar-refractivity contribution in [1.82, 2.24) is 0 Å². The van der Waals surface area contributed by atoms with Gasteiger partial charge in [-0.3, -0.25) is 19.2 Å². The van der Waals surface area contributed by atoms with Crippen LogP contribution in [0.4, 0.5) is 0 Å². The van der Waals surface area contributed by atoms with Crippen LogP contribution in [0.2, 0.25) is 0 Å². The maximum Gasteiger partial charge on any atom is 0.306 e. The molecule has 0 aromatic rings. The van der Waals surface area contributed by atoms with Crippen LogP contribution in [0.25, 0.3) is 0 Å². The SMILES string of the molecule is CC(=O)C1=CC2(C)C(=O)C3(CCC(=O)O3)C1CC2C(C)=O. The molecule has 0 aromatic heterocycles. The fraction of sp³-hybridized carbons (Fsp3) is 0.625. The molecule has 1 spiro atoms. The first kappa shape index (κ1) is 14.2. The van der Waals surface area contributed by atoms with E-state index in [0.717, 1.165) is 0 Å². The van der Waals surface area contributed by atoms with Crippen LogP contribution in [-0.4, -0.2) is 28.9 Å². The molecule has 4 aliphatic rings. The average molecular weight is 290 g/mol. The van der Waals surface area contributed by atoms with Gasteiger partial charge in [0.05, 0.1) is 5.41 Å². The van der Waals surface area contributed by atoms with Crippen molar-refractivity contribution in [2.75, 3.05) is 0 Å². The third-order valence-electron chi connectivity index (χ3n) is 5.36. The normalized spacial score (nSPS) is 41.2. The number of Topliss-reactive ketones (excluding diaryl/α,β-unsaturated/α-hetero) is 3. The number of allylic oxidation sites excluding steroid dienone is 1. The van der Waals surface area contributed by atoms with Gasteiger partial charge in [0.1, 0.15) is 5.78 Å². The number of hydrogen-bond donors (Lipinski definition) is 0. The number of hydrogen-bond acceptors (Lipinski definition) is 5. The summed E-state index contributed by atoms with van der Waals surface area (Å²) in [5, 5.41) is 0. The summed E-state index contributed by atoms with van der Waals surface area (Å²) in [5.41, 5.74) is -1.75. The van der Waals surface area contributed by atoms with Crippen LogP contribution in [0.15, 0.2) is 11.6 Å². The van der Waals surface area contributed by atoms with E-state index in [0.29, 0.717) is 18.4 Å². The van der Waals surface area contributed by atoms with Gasteiger partial charge in [-0.05, 0) is 32.8 Å². The second kappa shape index (κ2) is 4.12. The number of carbonyl (C=O) groups excluding carboxylic acids is 4. The lowest BCUT2D eigenvalue weighted by atomic mass is 9.49. The van der Waals surface area contributed by atoms with Gasteiger partial charge in [-0.25, -0.2) is 0 Å². The molecule has 2 fully saturated rings. The molecule has 21 heavy (non-hydrogen) atoms. The molecule has 1 aliphatic heterocycles. The largest absolute Gasteiger partial charge is 0.450 e. The molecule has 1 saturated carbocycles. The van der Waals surface area contributed by atoms with Crippen LogP contribution in [0.5, 0.6) is 0 Å². The molecule has 2 bridgehead atoms. The van der Waals surface area contributed by atoms with E-state index in [4.69, 9.17) is 4.74 Å². The molecule has 4 unspecified atom stereocenters. The summed E-state index contributed by atoms with van der Waals surface area (Å²) in [4.78, 5) is 48.4. The molecule has 1 saturated heterocycles. The molecular formula is C16H18O5. The van der Waals surface area contributed by atoms with E-state index in [1.807, 2.05) is 0 Å². The Kier molecular flexibility index (Phi) is 2.78. The van der Waals surface area contributed by atoms with Gasteiger partial charge in [-0.15, -0.1) is 0 Å². The molecule has 5 heteroatoms. The van der Waals surface area contributed by atoms with Crippen molar-refractivity contribution in [3.8, 4) is 0 Å². The molecule has 0 aromatic carbocycles. The number of ether oxygens (including phenoxy) is 1. The van der Waals surface area contributed by atoms with E-state index < -0.39 is 28.8 Å². The van der Waals surface area contributed by atoms with Crippen LogP contribution < -0.4 is 0 Å². The average Bonchev–Trinajstić information content (AvgIpc) is 2.78. The van der Waals surface area contributed by atoms with Gasteiger partial charge in [0.15, 0.2) is 17.2 Å². The molecule has 5 nitrogen and oxygen atoms in total. The smallest absolute Gasteiger partial charge is 0.306 e. The Bertz CT molecular complexity index is 616. The standard InChI is InChI=1S/C16H18O5/c1-8(17)10-7-15(3)11(9(2)18)6-12(10)16(14(15)20)5-4-13(19)21-16/h7,11-12H,4-6H2,1-3H3. The van der Waals surface area contributed by atoms with E-state index in [1.54, 1.807) is 13.0 Å². The zero-order valence-electron chi connectivity index (χ0n) is 12.4.